The molecule has 0 unspecified atom stereocenters. The number of amides is 1. The molecule has 168 valence electrons. The molecule has 0 aliphatic carbocycles. The van der Waals surface area contributed by atoms with Gasteiger partial charge in [-0.15, -0.1) is 10.2 Å². The topological polar surface area (TPSA) is 82.6 Å². The molecule has 33 heavy (non-hydrogen) atoms. The Morgan fingerprint density at radius 1 is 1.06 bits per heavy atom. The van der Waals surface area contributed by atoms with Crippen LogP contribution in [0, 0.1) is 0 Å². The molecule has 0 saturated carbocycles. The zero-order valence-corrected chi connectivity index (χ0v) is 18.8. The predicted octanol–water partition coefficient (Wildman–Crippen LogP) is 4.40. The largest absolute Gasteiger partial charge is 0.461 e. The van der Waals surface area contributed by atoms with Crippen molar-refractivity contribution in [1.82, 2.24) is 19.7 Å². The molecule has 9 heteroatoms. The number of para-hydroxylation sites is 1. The molecule has 0 N–H and O–H groups in total. The number of benzene rings is 2. The van der Waals surface area contributed by atoms with Crippen LogP contribution < -0.4 is 9.47 Å². The minimum absolute atomic E-state index is 0.0160. The average molecular weight is 463 g/mol. The Bertz CT molecular complexity index is 1240. The number of thioether (sulfide) groups is 1. The molecule has 0 fully saturated rings. The summed E-state index contributed by atoms with van der Waals surface area (Å²) in [7, 11) is 0. The second kappa shape index (κ2) is 9.41. The van der Waals surface area contributed by atoms with E-state index in [1.54, 1.807) is 11.2 Å². The molecule has 3 heterocycles. The van der Waals surface area contributed by atoms with Gasteiger partial charge in [-0.25, -0.2) is 0 Å². The minimum atomic E-state index is 0.0160. The molecule has 1 aliphatic rings. The van der Waals surface area contributed by atoms with E-state index in [4.69, 9.17) is 13.9 Å². The Labute approximate surface area is 195 Å². The van der Waals surface area contributed by atoms with Crippen LogP contribution in [-0.2, 0) is 11.3 Å². The molecule has 8 nitrogen and oxygen atoms in total. The number of furan rings is 1. The molecule has 5 rings (SSSR count). The number of rotatable bonds is 8. The van der Waals surface area contributed by atoms with Crippen LogP contribution in [0.15, 0.2) is 76.5 Å². The molecule has 1 amide bonds. The van der Waals surface area contributed by atoms with Gasteiger partial charge in [0.15, 0.2) is 22.4 Å². The number of fused-ring (bicyclic) bond motifs is 1. The van der Waals surface area contributed by atoms with Crippen LogP contribution in [0.3, 0.4) is 0 Å². The number of nitrogens with zero attached hydrogens (tertiary/aromatic N) is 4. The van der Waals surface area contributed by atoms with Gasteiger partial charge in [0.1, 0.15) is 0 Å². The summed E-state index contributed by atoms with van der Waals surface area (Å²) in [6.07, 6.45) is 1.60. The van der Waals surface area contributed by atoms with E-state index in [9.17, 15) is 4.79 Å². The van der Waals surface area contributed by atoms with Crippen LogP contribution in [0.1, 0.15) is 12.5 Å². The van der Waals surface area contributed by atoms with Crippen molar-refractivity contribution in [3.63, 3.8) is 0 Å². The molecular formula is C24H22N4O4S. The monoisotopic (exact) mass is 462 g/mol. The van der Waals surface area contributed by atoms with Crippen molar-refractivity contribution in [2.24, 2.45) is 0 Å². The van der Waals surface area contributed by atoms with E-state index in [0.29, 0.717) is 35.6 Å². The first-order valence-electron chi connectivity index (χ1n) is 10.6. The molecule has 2 aromatic carbocycles. The maximum Gasteiger partial charge on any atom is 0.233 e. The summed E-state index contributed by atoms with van der Waals surface area (Å²) in [6.45, 7) is 3.29. The standard InChI is InChI=1S/C24H22N4O4S/c1-2-27(14-17-10-11-19-21(13-17)32-16-31-19)22(29)15-33-24-26-25-23(20-9-6-12-30-20)28(24)18-7-4-3-5-8-18/h3-13H,2,14-16H2,1H3. The van der Waals surface area contributed by atoms with Crippen molar-refractivity contribution in [3.05, 3.63) is 72.5 Å². The third kappa shape index (κ3) is 4.45. The van der Waals surface area contributed by atoms with E-state index in [0.717, 1.165) is 17.0 Å². The lowest BCUT2D eigenvalue weighted by Gasteiger charge is -2.21. The number of ether oxygens (including phenoxy) is 2. The lowest BCUT2D eigenvalue weighted by Crippen LogP contribution is -2.31. The van der Waals surface area contributed by atoms with Gasteiger partial charge < -0.3 is 18.8 Å². The molecule has 0 spiro atoms. The van der Waals surface area contributed by atoms with Gasteiger partial charge in [-0.05, 0) is 48.9 Å². The summed E-state index contributed by atoms with van der Waals surface area (Å²) >= 11 is 1.35. The Hall–Kier alpha value is -3.72. The van der Waals surface area contributed by atoms with Gasteiger partial charge in [0, 0.05) is 18.8 Å². The molecular weight excluding hydrogens is 440 g/mol. The van der Waals surface area contributed by atoms with Crippen LogP contribution in [0.2, 0.25) is 0 Å². The fourth-order valence-electron chi connectivity index (χ4n) is 3.59. The second-order valence-corrected chi connectivity index (χ2v) is 8.28. The van der Waals surface area contributed by atoms with E-state index < -0.39 is 0 Å². The number of aromatic nitrogens is 3. The molecule has 0 saturated heterocycles. The number of hydrogen-bond donors (Lipinski definition) is 0. The maximum atomic E-state index is 13.0. The van der Waals surface area contributed by atoms with Crippen molar-refractivity contribution in [2.75, 3.05) is 19.1 Å². The highest BCUT2D eigenvalue weighted by atomic mass is 32.2. The Morgan fingerprint density at radius 3 is 2.70 bits per heavy atom. The van der Waals surface area contributed by atoms with Gasteiger partial charge in [-0.2, -0.15) is 0 Å². The zero-order valence-electron chi connectivity index (χ0n) is 18.0. The summed E-state index contributed by atoms with van der Waals surface area (Å²) < 4.78 is 18.3. The third-order valence-electron chi connectivity index (χ3n) is 5.26. The average Bonchev–Trinajstić information content (AvgIpc) is 3.61. The van der Waals surface area contributed by atoms with Crippen LogP contribution in [-0.4, -0.2) is 44.7 Å². The first-order chi connectivity index (χ1) is 16.2. The summed E-state index contributed by atoms with van der Waals surface area (Å²) in [5.74, 6) is 2.91. The van der Waals surface area contributed by atoms with Gasteiger partial charge in [0.25, 0.3) is 0 Å². The summed E-state index contributed by atoms with van der Waals surface area (Å²) in [5, 5.41) is 9.30. The predicted molar refractivity (Wildman–Crippen MR) is 123 cm³/mol. The molecule has 4 aromatic rings. The summed E-state index contributed by atoms with van der Waals surface area (Å²) in [6, 6.07) is 19.2. The van der Waals surface area contributed by atoms with E-state index in [-0.39, 0.29) is 18.5 Å². The Morgan fingerprint density at radius 2 is 1.91 bits per heavy atom. The van der Waals surface area contributed by atoms with Crippen LogP contribution >= 0.6 is 11.8 Å². The van der Waals surface area contributed by atoms with Crippen LogP contribution in [0.25, 0.3) is 17.3 Å². The Balaban J connectivity index is 1.32. The van der Waals surface area contributed by atoms with Crippen molar-refractivity contribution >= 4 is 17.7 Å². The number of hydrogen-bond acceptors (Lipinski definition) is 7. The SMILES string of the molecule is CCN(Cc1ccc2c(c1)OCO2)C(=O)CSc1nnc(-c2ccco2)n1-c1ccccc1. The highest BCUT2D eigenvalue weighted by molar-refractivity contribution is 7.99. The lowest BCUT2D eigenvalue weighted by molar-refractivity contribution is -0.128. The zero-order chi connectivity index (χ0) is 22.6. The molecule has 0 atom stereocenters. The normalized spacial score (nSPS) is 12.2. The molecule has 0 bridgehead atoms. The van der Waals surface area contributed by atoms with Gasteiger partial charge in [0.05, 0.1) is 12.0 Å². The quantitative estimate of drug-likeness (QED) is 0.359. The van der Waals surface area contributed by atoms with E-state index in [1.807, 2.05) is 72.2 Å². The van der Waals surface area contributed by atoms with Crippen molar-refractivity contribution in [2.45, 2.75) is 18.6 Å². The minimum Gasteiger partial charge on any atom is -0.461 e. The fourth-order valence-corrected chi connectivity index (χ4v) is 4.45. The smallest absolute Gasteiger partial charge is 0.233 e. The second-order valence-electron chi connectivity index (χ2n) is 7.34. The van der Waals surface area contributed by atoms with Crippen molar-refractivity contribution in [3.8, 4) is 28.8 Å². The first-order valence-corrected chi connectivity index (χ1v) is 11.6. The van der Waals surface area contributed by atoms with Gasteiger partial charge in [0.2, 0.25) is 18.5 Å². The van der Waals surface area contributed by atoms with Crippen molar-refractivity contribution < 1.29 is 18.7 Å². The molecule has 1 aliphatic heterocycles. The third-order valence-corrected chi connectivity index (χ3v) is 6.17. The van der Waals surface area contributed by atoms with E-state index >= 15 is 0 Å². The van der Waals surface area contributed by atoms with Crippen LogP contribution in [0.5, 0.6) is 11.5 Å². The fraction of sp³-hybridized carbons (Fsp3) is 0.208. The highest BCUT2D eigenvalue weighted by Crippen LogP contribution is 2.33. The maximum absolute atomic E-state index is 13.0. The summed E-state index contributed by atoms with van der Waals surface area (Å²) in [4.78, 5) is 14.8. The van der Waals surface area contributed by atoms with Gasteiger partial charge >= 0.3 is 0 Å². The lowest BCUT2D eigenvalue weighted by atomic mass is 10.2. The number of carbonyl (C=O) groups is 1. The Kier molecular flexibility index (Phi) is 6.03. The first kappa shape index (κ1) is 21.1. The molecule has 2 aromatic heterocycles. The van der Waals surface area contributed by atoms with Gasteiger partial charge in [-0.1, -0.05) is 36.0 Å². The van der Waals surface area contributed by atoms with E-state index in [1.165, 1.54) is 11.8 Å². The summed E-state index contributed by atoms with van der Waals surface area (Å²) in [5.41, 5.74) is 1.89. The van der Waals surface area contributed by atoms with Gasteiger partial charge in [-0.3, -0.25) is 9.36 Å². The highest BCUT2D eigenvalue weighted by Gasteiger charge is 2.21. The molecule has 0 radical (unpaired) electrons. The van der Waals surface area contributed by atoms with Crippen LogP contribution in [0.4, 0.5) is 0 Å². The number of carbonyl (C=O) groups excluding carboxylic acids is 1. The van der Waals surface area contributed by atoms with Crippen molar-refractivity contribution in [1.29, 1.82) is 0 Å². The van der Waals surface area contributed by atoms with E-state index in [2.05, 4.69) is 10.2 Å².